The fraction of sp³-hybridized carbons (Fsp3) is 0.692. The Morgan fingerprint density at radius 1 is 1.44 bits per heavy atom. The topological polar surface area (TPSA) is 66.8 Å². The summed E-state index contributed by atoms with van der Waals surface area (Å²) in [5, 5.41) is 8.79. The Labute approximate surface area is 107 Å². The monoisotopic (exact) mass is 255 g/mol. The lowest BCUT2D eigenvalue weighted by Crippen LogP contribution is -2.38. The van der Waals surface area contributed by atoms with E-state index in [2.05, 4.69) is 6.08 Å². The van der Waals surface area contributed by atoms with Crippen molar-refractivity contribution >= 4 is 11.9 Å². The molecule has 0 heterocycles. The second kappa shape index (κ2) is 7.87. The van der Waals surface area contributed by atoms with Crippen molar-refractivity contribution in [1.82, 2.24) is 4.90 Å². The first kappa shape index (κ1) is 14.7. The molecule has 0 saturated carbocycles. The average molecular weight is 255 g/mol. The molecule has 0 aromatic rings. The fourth-order valence-corrected chi connectivity index (χ4v) is 2.03. The largest absolute Gasteiger partial charge is 0.480 e. The molecule has 1 N–H and O–H groups in total. The van der Waals surface area contributed by atoms with E-state index in [9.17, 15) is 9.59 Å². The van der Waals surface area contributed by atoms with Crippen LogP contribution >= 0.6 is 0 Å². The molecule has 1 amide bonds. The zero-order valence-corrected chi connectivity index (χ0v) is 10.9. The fourth-order valence-electron chi connectivity index (χ4n) is 2.03. The number of rotatable bonds is 7. The normalized spacial score (nSPS) is 15.1. The van der Waals surface area contributed by atoms with Gasteiger partial charge in [-0.2, -0.15) is 0 Å². The van der Waals surface area contributed by atoms with Gasteiger partial charge >= 0.3 is 5.97 Å². The van der Waals surface area contributed by atoms with Crippen LogP contribution < -0.4 is 0 Å². The maximum atomic E-state index is 12.0. The molecule has 0 radical (unpaired) electrons. The van der Waals surface area contributed by atoms with Gasteiger partial charge < -0.3 is 14.7 Å². The van der Waals surface area contributed by atoms with E-state index in [1.807, 2.05) is 0 Å². The molecule has 0 bridgehead atoms. The molecule has 0 aromatic carbocycles. The highest BCUT2D eigenvalue weighted by molar-refractivity contribution is 5.83. The smallest absolute Gasteiger partial charge is 0.323 e. The van der Waals surface area contributed by atoms with Crippen LogP contribution in [0.3, 0.4) is 0 Å². The Morgan fingerprint density at radius 3 is 2.78 bits per heavy atom. The molecule has 1 aliphatic carbocycles. The van der Waals surface area contributed by atoms with E-state index in [0.29, 0.717) is 19.6 Å². The molecule has 5 nitrogen and oxygen atoms in total. The van der Waals surface area contributed by atoms with Crippen molar-refractivity contribution in [2.75, 3.05) is 26.8 Å². The first-order chi connectivity index (χ1) is 8.63. The molecular formula is C13H21NO4. The summed E-state index contributed by atoms with van der Waals surface area (Å²) in [4.78, 5) is 24.1. The van der Waals surface area contributed by atoms with Crippen LogP contribution in [-0.4, -0.2) is 48.7 Å². The third-order valence-electron chi connectivity index (χ3n) is 3.01. The van der Waals surface area contributed by atoms with Crippen LogP contribution in [0.4, 0.5) is 0 Å². The number of hydrogen-bond donors (Lipinski definition) is 1. The van der Waals surface area contributed by atoms with Crippen molar-refractivity contribution in [2.45, 2.75) is 32.1 Å². The van der Waals surface area contributed by atoms with Gasteiger partial charge in [-0.25, -0.2) is 0 Å². The van der Waals surface area contributed by atoms with E-state index in [4.69, 9.17) is 9.84 Å². The van der Waals surface area contributed by atoms with E-state index in [-0.39, 0.29) is 12.5 Å². The second-order valence-electron chi connectivity index (χ2n) is 4.49. The van der Waals surface area contributed by atoms with Crippen LogP contribution in [0.5, 0.6) is 0 Å². The van der Waals surface area contributed by atoms with Crippen LogP contribution in [0.15, 0.2) is 11.6 Å². The summed E-state index contributed by atoms with van der Waals surface area (Å²) in [5.41, 5.74) is 1.14. The molecule has 0 spiro atoms. The number of hydrogen-bond acceptors (Lipinski definition) is 3. The summed E-state index contributed by atoms with van der Waals surface area (Å²) in [5.74, 6) is -1.11. The Bertz CT molecular complexity index is 325. The zero-order chi connectivity index (χ0) is 13.4. The van der Waals surface area contributed by atoms with Crippen LogP contribution in [0.2, 0.25) is 0 Å². The second-order valence-corrected chi connectivity index (χ2v) is 4.49. The van der Waals surface area contributed by atoms with Gasteiger partial charge in [-0.05, 0) is 25.7 Å². The standard InChI is InChI=1S/C13H21NO4/c1-18-8-7-14(10-13(16)17)12(15)9-11-5-3-2-4-6-11/h5H,2-4,6-10H2,1H3,(H,16,17). The van der Waals surface area contributed by atoms with Gasteiger partial charge in [-0.15, -0.1) is 0 Å². The van der Waals surface area contributed by atoms with Gasteiger partial charge in [0.2, 0.25) is 5.91 Å². The van der Waals surface area contributed by atoms with Crippen LogP contribution in [0, 0.1) is 0 Å². The van der Waals surface area contributed by atoms with E-state index < -0.39 is 5.97 Å². The molecule has 0 atom stereocenters. The minimum absolute atomic E-state index is 0.123. The molecular weight excluding hydrogens is 234 g/mol. The molecule has 0 aliphatic heterocycles. The zero-order valence-electron chi connectivity index (χ0n) is 10.9. The Kier molecular flexibility index (Phi) is 6.43. The molecule has 0 unspecified atom stereocenters. The minimum Gasteiger partial charge on any atom is -0.480 e. The molecule has 0 aromatic heterocycles. The van der Waals surface area contributed by atoms with Gasteiger partial charge in [-0.1, -0.05) is 11.6 Å². The first-order valence-electron chi connectivity index (χ1n) is 6.30. The Hall–Kier alpha value is -1.36. The maximum Gasteiger partial charge on any atom is 0.323 e. The van der Waals surface area contributed by atoms with Crippen molar-refractivity contribution < 1.29 is 19.4 Å². The molecule has 0 fully saturated rings. The number of allylic oxidation sites excluding steroid dienone is 1. The summed E-state index contributed by atoms with van der Waals surface area (Å²) in [6.07, 6.45) is 6.74. The van der Waals surface area contributed by atoms with Crippen molar-refractivity contribution in [1.29, 1.82) is 0 Å². The van der Waals surface area contributed by atoms with Gasteiger partial charge in [0, 0.05) is 20.1 Å². The van der Waals surface area contributed by atoms with Gasteiger partial charge in [0.25, 0.3) is 0 Å². The minimum atomic E-state index is -0.989. The van der Waals surface area contributed by atoms with Gasteiger partial charge in [-0.3, -0.25) is 9.59 Å². The van der Waals surface area contributed by atoms with Crippen LogP contribution in [0.1, 0.15) is 32.1 Å². The van der Waals surface area contributed by atoms with Gasteiger partial charge in [0.15, 0.2) is 0 Å². The lowest BCUT2D eigenvalue weighted by molar-refractivity contribution is -0.144. The molecule has 5 heteroatoms. The highest BCUT2D eigenvalue weighted by Crippen LogP contribution is 2.20. The number of carboxylic acid groups (broad SMARTS) is 1. The highest BCUT2D eigenvalue weighted by atomic mass is 16.5. The van der Waals surface area contributed by atoms with Crippen LogP contribution in [-0.2, 0) is 14.3 Å². The number of carbonyl (C=O) groups excluding carboxylic acids is 1. The van der Waals surface area contributed by atoms with Crippen molar-refractivity contribution in [2.24, 2.45) is 0 Å². The summed E-state index contributed by atoms with van der Waals surface area (Å²) in [6, 6.07) is 0. The van der Waals surface area contributed by atoms with E-state index in [1.165, 1.54) is 18.4 Å². The van der Waals surface area contributed by atoms with Crippen molar-refractivity contribution in [3.05, 3.63) is 11.6 Å². The maximum absolute atomic E-state index is 12.0. The quantitative estimate of drug-likeness (QED) is 0.699. The predicted molar refractivity (Wildman–Crippen MR) is 67.3 cm³/mol. The van der Waals surface area contributed by atoms with E-state index in [0.717, 1.165) is 24.8 Å². The number of aliphatic carboxylic acids is 1. The molecule has 102 valence electrons. The first-order valence-corrected chi connectivity index (χ1v) is 6.30. The van der Waals surface area contributed by atoms with E-state index >= 15 is 0 Å². The molecule has 1 rings (SSSR count). The molecule has 0 saturated heterocycles. The van der Waals surface area contributed by atoms with Gasteiger partial charge in [0.05, 0.1) is 6.61 Å². The SMILES string of the molecule is COCCN(CC(=O)O)C(=O)CC1=CCCCC1. The number of carbonyl (C=O) groups is 2. The summed E-state index contributed by atoms with van der Waals surface area (Å²) < 4.78 is 4.89. The summed E-state index contributed by atoms with van der Waals surface area (Å²) in [6.45, 7) is 0.433. The van der Waals surface area contributed by atoms with Crippen molar-refractivity contribution in [3.63, 3.8) is 0 Å². The lowest BCUT2D eigenvalue weighted by Gasteiger charge is -2.22. The van der Waals surface area contributed by atoms with Gasteiger partial charge in [0.1, 0.15) is 6.54 Å². The number of carboxylic acids is 1. The third kappa shape index (κ3) is 5.31. The molecule has 18 heavy (non-hydrogen) atoms. The highest BCUT2D eigenvalue weighted by Gasteiger charge is 2.18. The third-order valence-corrected chi connectivity index (χ3v) is 3.01. The number of amides is 1. The Balaban J connectivity index is 2.51. The summed E-state index contributed by atoms with van der Waals surface area (Å²) >= 11 is 0. The number of methoxy groups -OCH3 is 1. The van der Waals surface area contributed by atoms with E-state index in [1.54, 1.807) is 0 Å². The number of nitrogens with zero attached hydrogens (tertiary/aromatic N) is 1. The Morgan fingerprint density at radius 2 is 2.22 bits per heavy atom. The molecule has 1 aliphatic rings. The van der Waals surface area contributed by atoms with Crippen LogP contribution in [0.25, 0.3) is 0 Å². The summed E-state index contributed by atoms with van der Waals surface area (Å²) in [7, 11) is 1.53. The number of ether oxygens (including phenoxy) is 1. The predicted octanol–water partition coefficient (Wildman–Crippen LogP) is 1.44. The average Bonchev–Trinajstić information content (AvgIpc) is 2.35. The van der Waals surface area contributed by atoms with Crippen molar-refractivity contribution in [3.8, 4) is 0 Å². The lowest BCUT2D eigenvalue weighted by atomic mass is 9.97.